The highest BCUT2D eigenvalue weighted by Gasteiger charge is 2.23. The molecule has 1 rings (SSSR count). The Labute approximate surface area is 63.6 Å². The van der Waals surface area contributed by atoms with Crippen LogP contribution in [0.1, 0.15) is 20.3 Å². The summed E-state index contributed by atoms with van der Waals surface area (Å²) >= 11 is 0. The van der Waals surface area contributed by atoms with Gasteiger partial charge in [0.1, 0.15) is 0 Å². The summed E-state index contributed by atoms with van der Waals surface area (Å²) in [6, 6.07) is 0. The maximum Gasteiger partial charge on any atom is 0.0162 e. The van der Waals surface area contributed by atoms with Crippen LogP contribution in [0.5, 0.6) is 0 Å². The minimum absolute atomic E-state index is 0.846. The summed E-state index contributed by atoms with van der Waals surface area (Å²) in [6.07, 6.45) is 1.36. The molecule has 1 aliphatic heterocycles. The maximum atomic E-state index is 3.18. The zero-order valence-corrected chi connectivity index (χ0v) is 7.22. The molecule has 2 heteroatoms. The predicted octanol–water partition coefficient (Wildman–Crippen LogP) is 1.10. The topological polar surface area (TPSA) is 15.3 Å². The quantitative estimate of drug-likeness (QED) is 0.621. The van der Waals surface area contributed by atoms with Crippen molar-refractivity contribution in [3.8, 4) is 0 Å². The first kappa shape index (κ1) is 8.02. The zero-order chi connectivity index (χ0) is 7.56. The molecule has 1 N–H and O–H groups in total. The Morgan fingerprint density at radius 1 is 1.50 bits per heavy atom. The minimum Gasteiger partial charge on any atom is -0.258 e. The van der Waals surface area contributed by atoms with Gasteiger partial charge < -0.3 is 0 Å². The van der Waals surface area contributed by atoms with Crippen molar-refractivity contribution in [2.75, 3.05) is 20.1 Å². The van der Waals surface area contributed by atoms with E-state index in [1.807, 2.05) is 7.05 Å². The molecule has 0 aromatic rings. The fourth-order valence-electron chi connectivity index (χ4n) is 1.53. The predicted molar refractivity (Wildman–Crippen MR) is 43.6 cm³/mol. The van der Waals surface area contributed by atoms with Crippen molar-refractivity contribution in [1.82, 2.24) is 10.4 Å². The second-order valence-corrected chi connectivity index (χ2v) is 3.46. The molecule has 1 heterocycles. The Hall–Kier alpha value is -0.0800. The number of hydrogen-bond acceptors (Lipinski definition) is 2. The first-order valence-electron chi connectivity index (χ1n) is 4.16. The zero-order valence-electron chi connectivity index (χ0n) is 7.22. The van der Waals surface area contributed by atoms with Gasteiger partial charge in [-0.05, 0) is 25.3 Å². The third-order valence-corrected chi connectivity index (χ3v) is 2.48. The Morgan fingerprint density at radius 2 is 2.20 bits per heavy atom. The number of nitrogens with one attached hydrogen (secondary N) is 1. The molecule has 60 valence electrons. The molecular weight excluding hydrogens is 124 g/mol. The third-order valence-electron chi connectivity index (χ3n) is 2.48. The molecule has 10 heavy (non-hydrogen) atoms. The van der Waals surface area contributed by atoms with Gasteiger partial charge in [-0.25, -0.2) is 5.01 Å². The largest absolute Gasteiger partial charge is 0.258 e. The average molecular weight is 142 g/mol. The minimum atomic E-state index is 0.846. The van der Waals surface area contributed by atoms with Crippen LogP contribution in [-0.2, 0) is 0 Å². The molecule has 0 aliphatic carbocycles. The van der Waals surface area contributed by atoms with Gasteiger partial charge in [0.15, 0.2) is 0 Å². The van der Waals surface area contributed by atoms with Gasteiger partial charge in [-0.15, -0.1) is 0 Å². The van der Waals surface area contributed by atoms with Crippen molar-refractivity contribution in [2.24, 2.45) is 11.8 Å². The summed E-state index contributed by atoms with van der Waals surface area (Å²) in [5.41, 5.74) is 3.18. The molecule has 1 unspecified atom stereocenters. The van der Waals surface area contributed by atoms with Crippen molar-refractivity contribution in [2.45, 2.75) is 20.3 Å². The SMILES string of the molecule is CNN1CCC(C(C)C)C1. The highest BCUT2D eigenvalue weighted by molar-refractivity contribution is 4.74. The van der Waals surface area contributed by atoms with Gasteiger partial charge in [0.25, 0.3) is 0 Å². The molecule has 0 aromatic carbocycles. The lowest BCUT2D eigenvalue weighted by Crippen LogP contribution is -2.32. The van der Waals surface area contributed by atoms with E-state index in [9.17, 15) is 0 Å². The standard InChI is InChI=1S/C8H18N2/c1-7(2)8-4-5-10(6-8)9-3/h7-9H,4-6H2,1-3H3. The van der Waals surface area contributed by atoms with Gasteiger partial charge in [-0.1, -0.05) is 13.8 Å². The normalized spacial score (nSPS) is 28.2. The molecule has 0 saturated carbocycles. The van der Waals surface area contributed by atoms with E-state index in [0.29, 0.717) is 0 Å². The number of hydrazine groups is 1. The molecule has 1 saturated heterocycles. The monoisotopic (exact) mass is 142 g/mol. The molecule has 2 nitrogen and oxygen atoms in total. The summed E-state index contributed by atoms with van der Waals surface area (Å²) in [6.45, 7) is 7.07. The number of rotatable bonds is 2. The second-order valence-electron chi connectivity index (χ2n) is 3.46. The second kappa shape index (κ2) is 3.35. The first-order chi connectivity index (χ1) is 4.74. The summed E-state index contributed by atoms with van der Waals surface area (Å²) in [4.78, 5) is 0. The van der Waals surface area contributed by atoms with Crippen LogP contribution in [0.2, 0.25) is 0 Å². The first-order valence-corrected chi connectivity index (χ1v) is 4.16. The highest BCUT2D eigenvalue weighted by atomic mass is 15.5. The van der Waals surface area contributed by atoms with Crippen molar-refractivity contribution in [3.63, 3.8) is 0 Å². The van der Waals surface area contributed by atoms with E-state index in [4.69, 9.17) is 0 Å². The lowest BCUT2D eigenvalue weighted by molar-refractivity contribution is 0.240. The van der Waals surface area contributed by atoms with Gasteiger partial charge in [0.2, 0.25) is 0 Å². The van der Waals surface area contributed by atoms with Gasteiger partial charge >= 0.3 is 0 Å². The van der Waals surface area contributed by atoms with Crippen LogP contribution in [0.25, 0.3) is 0 Å². The van der Waals surface area contributed by atoms with E-state index in [0.717, 1.165) is 11.8 Å². The lowest BCUT2D eigenvalue weighted by atomic mass is 9.96. The van der Waals surface area contributed by atoms with Gasteiger partial charge in [-0.3, -0.25) is 5.43 Å². The maximum absolute atomic E-state index is 3.18. The average Bonchev–Trinajstić information content (AvgIpc) is 2.34. The van der Waals surface area contributed by atoms with Crippen molar-refractivity contribution in [1.29, 1.82) is 0 Å². The van der Waals surface area contributed by atoms with Crippen LogP contribution in [0.15, 0.2) is 0 Å². The van der Waals surface area contributed by atoms with E-state index < -0.39 is 0 Å². The summed E-state index contributed by atoms with van der Waals surface area (Å²) in [5.74, 6) is 1.76. The Balaban J connectivity index is 2.28. The van der Waals surface area contributed by atoms with E-state index in [2.05, 4.69) is 24.3 Å². The molecule has 0 amide bonds. The molecular formula is C8H18N2. The van der Waals surface area contributed by atoms with E-state index in [1.54, 1.807) is 0 Å². The van der Waals surface area contributed by atoms with Crippen molar-refractivity contribution < 1.29 is 0 Å². The fourth-order valence-corrected chi connectivity index (χ4v) is 1.53. The smallest absolute Gasteiger partial charge is 0.0162 e. The van der Waals surface area contributed by atoms with Crippen LogP contribution in [-0.4, -0.2) is 25.1 Å². The fraction of sp³-hybridized carbons (Fsp3) is 1.00. The molecule has 0 aromatic heterocycles. The van der Waals surface area contributed by atoms with Crippen molar-refractivity contribution in [3.05, 3.63) is 0 Å². The van der Waals surface area contributed by atoms with Gasteiger partial charge in [0.05, 0.1) is 0 Å². The molecule has 0 spiro atoms. The molecule has 0 radical (unpaired) electrons. The lowest BCUT2D eigenvalue weighted by Gasteiger charge is -2.15. The van der Waals surface area contributed by atoms with Crippen LogP contribution in [0.3, 0.4) is 0 Å². The summed E-state index contributed by atoms with van der Waals surface area (Å²) in [7, 11) is 2.00. The molecule has 1 aliphatic rings. The molecule has 0 bridgehead atoms. The number of nitrogens with zero attached hydrogens (tertiary/aromatic N) is 1. The third kappa shape index (κ3) is 1.70. The van der Waals surface area contributed by atoms with Crippen LogP contribution in [0, 0.1) is 11.8 Å². The van der Waals surface area contributed by atoms with Gasteiger partial charge in [0, 0.05) is 13.1 Å². The highest BCUT2D eigenvalue weighted by Crippen LogP contribution is 2.21. The Bertz CT molecular complexity index is 101. The van der Waals surface area contributed by atoms with E-state index in [1.165, 1.54) is 19.5 Å². The molecule has 1 atom stereocenters. The molecule has 1 fully saturated rings. The summed E-state index contributed by atoms with van der Waals surface area (Å²) in [5, 5.41) is 2.30. The van der Waals surface area contributed by atoms with E-state index >= 15 is 0 Å². The van der Waals surface area contributed by atoms with Gasteiger partial charge in [-0.2, -0.15) is 0 Å². The van der Waals surface area contributed by atoms with Crippen LogP contribution >= 0.6 is 0 Å². The Morgan fingerprint density at radius 3 is 2.50 bits per heavy atom. The van der Waals surface area contributed by atoms with Crippen molar-refractivity contribution >= 4 is 0 Å². The number of hydrogen-bond donors (Lipinski definition) is 1. The Kier molecular flexibility index (Phi) is 2.69. The van der Waals surface area contributed by atoms with Crippen LogP contribution < -0.4 is 5.43 Å². The van der Waals surface area contributed by atoms with Crippen LogP contribution in [0.4, 0.5) is 0 Å². The van der Waals surface area contributed by atoms with E-state index in [-0.39, 0.29) is 0 Å². The summed E-state index contributed by atoms with van der Waals surface area (Å²) < 4.78 is 0.